The first-order valence-electron chi connectivity index (χ1n) is 10.2. The van der Waals surface area contributed by atoms with E-state index in [1.165, 1.54) is 38.2 Å². The van der Waals surface area contributed by atoms with Crippen molar-refractivity contribution in [2.75, 3.05) is 13.1 Å². The summed E-state index contributed by atoms with van der Waals surface area (Å²) in [6.45, 7) is 3.27. The molecule has 4 heterocycles. The van der Waals surface area contributed by atoms with Crippen LogP contribution in [-0.4, -0.2) is 33.4 Å². The molecule has 0 saturated carbocycles. The van der Waals surface area contributed by atoms with Crippen LogP contribution in [0.2, 0.25) is 0 Å². The molecular weight excluding hydrogens is 426 g/mol. The molecule has 7 heteroatoms. The molecule has 0 fully saturated rings. The van der Waals surface area contributed by atoms with Crippen LogP contribution >= 0.6 is 22.7 Å². The van der Waals surface area contributed by atoms with Crippen LogP contribution in [0.4, 0.5) is 0 Å². The minimum Gasteiger partial charge on any atom is -0.337 e. The predicted molar refractivity (Wildman–Crippen MR) is 128 cm³/mol. The van der Waals surface area contributed by atoms with Gasteiger partial charge in [-0.15, -0.1) is 22.7 Å². The predicted octanol–water partition coefficient (Wildman–Crippen LogP) is 4.81. The van der Waals surface area contributed by atoms with Gasteiger partial charge in [0, 0.05) is 33.8 Å². The third kappa shape index (κ3) is 3.86. The quantitative estimate of drug-likeness (QED) is 0.451. The number of benzene rings is 1. The summed E-state index contributed by atoms with van der Waals surface area (Å²) >= 11 is 3.12. The number of aromatic nitrogens is 2. The molecule has 0 saturated heterocycles. The number of carbonyl (C=O) groups excluding carboxylic acids is 1. The fraction of sp³-hybridized carbons (Fsp3) is 0.208. The van der Waals surface area contributed by atoms with Crippen molar-refractivity contribution in [3.8, 4) is 10.4 Å². The van der Waals surface area contributed by atoms with Crippen LogP contribution in [0.3, 0.4) is 0 Å². The minimum atomic E-state index is -0.154. The van der Waals surface area contributed by atoms with Crippen LogP contribution < -0.4 is 5.56 Å². The Kier molecular flexibility index (Phi) is 5.29. The second-order valence-corrected chi connectivity index (χ2v) is 9.75. The highest BCUT2D eigenvalue weighted by atomic mass is 32.1. The summed E-state index contributed by atoms with van der Waals surface area (Å²) in [4.78, 5) is 35.3. The van der Waals surface area contributed by atoms with Crippen molar-refractivity contribution < 1.29 is 4.79 Å². The van der Waals surface area contributed by atoms with E-state index in [9.17, 15) is 9.59 Å². The third-order valence-electron chi connectivity index (χ3n) is 5.58. The van der Waals surface area contributed by atoms with Gasteiger partial charge in [0.2, 0.25) is 5.91 Å². The van der Waals surface area contributed by atoms with Crippen molar-refractivity contribution in [3.63, 3.8) is 0 Å². The van der Waals surface area contributed by atoms with Gasteiger partial charge in [0.05, 0.1) is 11.7 Å². The van der Waals surface area contributed by atoms with Crippen LogP contribution in [0.1, 0.15) is 16.9 Å². The van der Waals surface area contributed by atoms with Gasteiger partial charge < -0.3 is 4.90 Å². The van der Waals surface area contributed by atoms with Gasteiger partial charge in [-0.25, -0.2) is 4.98 Å². The normalized spacial score (nSPS) is 14.1. The molecular formula is C24H21N3O2S2. The van der Waals surface area contributed by atoms with Crippen molar-refractivity contribution in [1.82, 2.24) is 14.5 Å². The van der Waals surface area contributed by atoms with E-state index in [-0.39, 0.29) is 18.0 Å². The fourth-order valence-electron chi connectivity index (χ4n) is 3.90. The maximum Gasteiger partial charge on any atom is 0.263 e. The molecule has 1 aliphatic rings. The summed E-state index contributed by atoms with van der Waals surface area (Å²) in [5.74, 6) is -0.0599. The van der Waals surface area contributed by atoms with Crippen LogP contribution in [-0.2, 0) is 11.3 Å². The molecule has 5 nitrogen and oxygen atoms in total. The average Bonchev–Trinajstić information content (AvgIpc) is 3.43. The van der Waals surface area contributed by atoms with Crippen LogP contribution in [0.15, 0.2) is 65.0 Å². The Hall–Kier alpha value is -3.03. The van der Waals surface area contributed by atoms with Crippen LogP contribution in [0.25, 0.3) is 26.2 Å². The number of amides is 1. The molecule has 0 bridgehead atoms. The van der Waals surface area contributed by atoms with Gasteiger partial charge >= 0.3 is 0 Å². The van der Waals surface area contributed by atoms with Gasteiger partial charge in [-0.1, -0.05) is 36.4 Å². The molecule has 4 aromatic rings. The number of hydrogen-bond acceptors (Lipinski definition) is 5. The standard InChI is InChI=1S/C24H21N3O2S2/c1-16-7-8-20(31-16)19-14-30-23-22(19)24(29)27(15-25-23)13-21(28)26-11-9-18(10-12-26)17-5-3-2-4-6-17/h2-9,14-15H,10-13H2,1H3. The smallest absolute Gasteiger partial charge is 0.263 e. The molecule has 1 amide bonds. The molecule has 5 rings (SSSR count). The van der Waals surface area contributed by atoms with E-state index in [1.54, 1.807) is 16.2 Å². The largest absolute Gasteiger partial charge is 0.337 e. The van der Waals surface area contributed by atoms with Crippen molar-refractivity contribution in [3.05, 3.63) is 81.0 Å². The first-order chi connectivity index (χ1) is 15.1. The summed E-state index contributed by atoms with van der Waals surface area (Å²) in [7, 11) is 0. The highest BCUT2D eigenvalue weighted by Gasteiger charge is 2.20. The van der Waals surface area contributed by atoms with E-state index in [4.69, 9.17) is 0 Å². The lowest BCUT2D eigenvalue weighted by Gasteiger charge is -2.27. The lowest BCUT2D eigenvalue weighted by molar-refractivity contribution is -0.131. The Morgan fingerprint density at radius 1 is 1.16 bits per heavy atom. The Labute approximate surface area is 187 Å². The van der Waals surface area contributed by atoms with E-state index in [0.29, 0.717) is 23.3 Å². The molecule has 31 heavy (non-hydrogen) atoms. The van der Waals surface area contributed by atoms with Crippen molar-refractivity contribution in [2.24, 2.45) is 0 Å². The van der Waals surface area contributed by atoms with Gasteiger partial charge in [-0.05, 0) is 36.6 Å². The number of carbonyl (C=O) groups is 1. The maximum absolute atomic E-state index is 13.2. The minimum absolute atomic E-state index is 0.00897. The maximum atomic E-state index is 13.2. The topological polar surface area (TPSA) is 55.2 Å². The summed E-state index contributed by atoms with van der Waals surface area (Å²) in [5, 5.41) is 2.59. The van der Waals surface area contributed by atoms with E-state index < -0.39 is 0 Å². The van der Waals surface area contributed by atoms with Crippen LogP contribution in [0.5, 0.6) is 0 Å². The highest BCUT2D eigenvalue weighted by Crippen LogP contribution is 2.34. The van der Waals surface area contributed by atoms with Gasteiger partial charge in [0.1, 0.15) is 11.4 Å². The highest BCUT2D eigenvalue weighted by molar-refractivity contribution is 7.19. The molecule has 3 aromatic heterocycles. The Bertz CT molecular complexity index is 1350. The molecule has 1 aliphatic heterocycles. The number of rotatable bonds is 4. The summed E-state index contributed by atoms with van der Waals surface area (Å²) in [5.41, 5.74) is 3.22. The molecule has 0 atom stereocenters. The van der Waals surface area contributed by atoms with Gasteiger partial charge in [-0.3, -0.25) is 14.2 Å². The van der Waals surface area contributed by atoms with Crippen molar-refractivity contribution >= 4 is 44.4 Å². The zero-order chi connectivity index (χ0) is 21.4. The molecule has 156 valence electrons. The summed E-state index contributed by atoms with van der Waals surface area (Å²) in [6, 6.07) is 14.3. The first-order valence-corrected chi connectivity index (χ1v) is 11.9. The second-order valence-electron chi connectivity index (χ2n) is 7.60. The second kappa shape index (κ2) is 8.24. The summed E-state index contributed by atoms with van der Waals surface area (Å²) in [6.07, 6.45) is 4.42. The number of nitrogens with zero attached hydrogens (tertiary/aromatic N) is 3. The molecule has 0 unspecified atom stereocenters. The number of aryl methyl sites for hydroxylation is 1. The monoisotopic (exact) mass is 447 g/mol. The Morgan fingerprint density at radius 2 is 2.00 bits per heavy atom. The molecule has 0 radical (unpaired) electrons. The summed E-state index contributed by atoms with van der Waals surface area (Å²) < 4.78 is 1.44. The third-order valence-corrected chi connectivity index (χ3v) is 7.50. The Morgan fingerprint density at radius 3 is 2.71 bits per heavy atom. The SMILES string of the molecule is Cc1ccc(-c2csc3ncn(CC(=O)N4CC=C(c5ccccc5)CC4)c(=O)c23)s1. The molecule has 0 spiro atoms. The van der Waals surface area contributed by atoms with Gasteiger partial charge in [0.25, 0.3) is 5.56 Å². The van der Waals surface area contributed by atoms with Gasteiger partial charge in [-0.2, -0.15) is 0 Å². The van der Waals surface area contributed by atoms with E-state index in [0.717, 1.165) is 16.9 Å². The Balaban J connectivity index is 1.37. The average molecular weight is 448 g/mol. The van der Waals surface area contributed by atoms with Gasteiger partial charge in [0.15, 0.2) is 0 Å². The van der Waals surface area contributed by atoms with E-state index in [2.05, 4.69) is 29.3 Å². The lowest BCUT2D eigenvalue weighted by atomic mass is 9.99. The number of fused-ring (bicyclic) bond motifs is 1. The zero-order valence-electron chi connectivity index (χ0n) is 17.1. The van der Waals surface area contributed by atoms with Crippen molar-refractivity contribution in [2.45, 2.75) is 19.9 Å². The van der Waals surface area contributed by atoms with Crippen LogP contribution in [0, 0.1) is 6.92 Å². The van der Waals surface area contributed by atoms with E-state index >= 15 is 0 Å². The van der Waals surface area contributed by atoms with Crippen molar-refractivity contribution in [1.29, 1.82) is 0 Å². The fourth-order valence-corrected chi connectivity index (χ4v) is 5.76. The molecule has 0 aliphatic carbocycles. The first kappa shape index (κ1) is 19.9. The number of hydrogen-bond donors (Lipinski definition) is 0. The molecule has 1 aromatic carbocycles. The van der Waals surface area contributed by atoms with E-state index in [1.807, 2.05) is 36.6 Å². The molecule has 0 N–H and O–H groups in total. The number of thiophene rings is 2. The zero-order valence-corrected chi connectivity index (χ0v) is 18.7. The lowest BCUT2D eigenvalue weighted by Crippen LogP contribution is -2.39.